The normalized spacial score (nSPS) is 12.8. The van der Waals surface area contributed by atoms with Crippen molar-refractivity contribution in [1.29, 1.82) is 0 Å². The lowest BCUT2D eigenvalue weighted by Gasteiger charge is -2.20. The van der Waals surface area contributed by atoms with E-state index in [4.69, 9.17) is 9.47 Å². The molecule has 0 amide bonds. The number of nitrogens with one attached hydrogen (secondary N) is 1. The van der Waals surface area contributed by atoms with Gasteiger partial charge in [-0.25, -0.2) is 0 Å². The zero-order valence-electron chi connectivity index (χ0n) is 11.1. The predicted octanol–water partition coefficient (Wildman–Crippen LogP) is 2.17. The number of hydrogen-bond donors (Lipinski definition) is 1. The summed E-state index contributed by atoms with van der Waals surface area (Å²) < 4.78 is 11.0. The van der Waals surface area contributed by atoms with Gasteiger partial charge in [0.25, 0.3) is 0 Å². The third-order valence-electron chi connectivity index (χ3n) is 2.40. The van der Waals surface area contributed by atoms with Crippen molar-refractivity contribution >= 4 is 0 Å². The van der Waals surface area contributed by atoms with Crippen molar-refractivity contribution in [2.75, 3.05) is 20.3 Å². The molecule has 1 aromatic heterocycles. The van der Waals surface area contributed by atoms with Crippen LogP contribution in [-0.2, 0) is 4.74 Å². The Morgan fingerprint density at radius 3 is 2.76 bits per heavy atom. The highest BCUT2D eigenvalue weighted by Gasteiger charge is 2.17. The molecule has 0 saturated heterocycles. The number of likely N-dealkylation sites (N-methyl/N-ethyl adjacent to an activating group) is 1. The Kier molecular flexibility index (Phi) is 5.94. The molecule has 0 spiro atoms. The van der Waals surface area contributed by atoms with Gasteiger partial charge in [0, 0.05) is 6.20 Å². The second-order valence-corrected chi connectivity index (χ2v) is 4.08. The topological polar surface area (TPSA) is 43.4 Å². The second kappa shape index (κ2) is 7.25. The van der Waals surface area contributed by atoms with Crippen LogP contribution in [0.1, 0.15) is 32.5 Å². The van der Waals surface area contributed by atoms with Crippen LogP contribution in [0.5, 0.6) is 5.75 Å². The number of pyridine rings is 1. The molecule has 0 aliphatic heterocycles. The molecule has 0 aliphatic carbocycles. The highest BCUT2D eigenvalue weighted by molar-refractivity contribution is 5.29. The Labute approximate surface area is 103 Å². The lowest BCUT2D eigenvalue weighted by molar-refractivity contribution is 0.0601. The predicted molar refractivity (Wildman–Crippen MR) is 68.3 cm³/mol. The van der Waals surface area contributed by atoms with Gasteiger partial charge in [0.1, 0.15) is 11.4 Å². The first kappa shape index (κ1) is 13.9. The maximum absolute atomic E-state index is 5.65. The van der Waals surface area contributed by atoms with E-state index in [2.05, 4.69) is 17.2 Å². The molecule has 0 aliphatic rings. The van der Waals surface area contributed by atoms with Crippen LogP contribution in [0, 0.1) is 0 Å². The lowest BCUT2D eigenvalue weighted by atomic mass is 10.1. The highest BCUT2D eigenvalue weighted by Crippen LogP contribution is 2.22. The van der Waals surface area contributed by atoms with Gasteiger partial charge in [0.15, 0.2) is 0 Å². The van der Waals surface area contributed by atoms with Gasteiger partial charge in [0.2, 0.25) is 0 Å². The Morgan fingerprint density at radius 1 is 1.41 bits per heavy atom. The third kappa shape index (κ3) is 4.32. The Balaban J connectivity index is 2.80. The van der Waals surface area contributed by atoms with E-state index in [0.29, 0.717) is 6.61 Å². The zero-order chi connectivity index (χ0) is 12.7. The summed E-state index contributed by atoms with van der Waals surface area (Å²) in [6.07, 6.45) is 1.99. The van der Waals surface area contributed by atoms with Gasteiger partial charge < -0.3 is 14.8 Å². The summed E-state index contributed by atoms with van der Waals surface area (Å²) >= 11 is 0. The van der Waals surface area contributed by atoms with Crippen molar-refractivity contribution in [3.8, 4) is 5.75 Å². The zero-order valence-corrected chi connectivity index (χ0v) is 11.1. The monoisotopic (exact) mass is 238 g/mol. The van der Waals surface area contributed by atoms with Crippen molar-refractivity contribution < 1.29 is 9.47 Å². The number of nitrogens with zero attached hydrogens (tertiary/aromatic N) is 1. The molecule has 0 radical (unpaired) electrons. The Hall–Kier alpha value is -1.13. The number of hydrogen-bond acceptors (Lipinski definition) is 4. The summed E-state index contributed by atoms with van der Waals surface area (Å²) in [6.45, 7) is 7.58. The number of ether oxygens (including phenoxy) is 2. The van der Waals surface area contributed by atoms with E-state index in [-0.39, 0.29) is 12.1 Å². The molecular formula is C13H22N2O2. The molecule has 1 atom stereocenters. The summed E-state index contributed by atoms with van der Waals surface area (Å²) in [5, 5.41) is 3.36. The first-order valence-corrected chi connectivity index (χ1v) is 6.02. The molecule has 1 N–H and O–H groups in total. The molecule has 1 unspecified atom stereocenters. The maximum Gasteiger partial charge on any atom is 0.142 e. The molecule has 0 saturated carbocycles. The standard InChI is InChI=1S/C13H22N2O2/c1-5-14-11(9-17-10(2)3)13-12(16-4)7-6-8-15-13/h6-8,10-11,14H,5,9H2,1-4H3. The van der Waals surface area contributed by atoms with Gasteiger partial charge in [-0.2, -0.15) is 0 Å². The quantitative estimate of drug-likeness (QED) is 0.790. The van der Waals surface area contributed by atoms with Crippen molar-refractivity contribution in [2.45, 2.75) is 32.9 Å². The van der Waals surface area contributed by atoms with E-state index in [1.165, 1.54) is 0 Å². The summed E-state index contributed by atoms with van der Waals surface area (Å²) in [7, 11) is 1.66. The van der Waals surface area contributed by atoms with Crippen LogP contribution in [-0.4, -0.2) is 31.3 Å². The van der Waals surface area contributed by atoms with E-state index < -0.39 is 0 Å². The van der Waals surface area contributed by atoms with Gasteiger partial charge in [0.05, 0.1) is 25.9 Å². The molecular weight excluding hydrogens is 216 g/mol. The van der Waals surface area contributed by atoms with E-state index in [1.807, 2.05) is 26.0 Å². The first-order chi connectivity index (χ1) is 8.19. The Morgan fingerprint density at radius 2 is 2.18 bits per heavy atom. The fourth-order valence-corrected chi connectivity index (χ4v) is 1.61. The minimum absolute atomic E-state index is 0.0681. The SMILES string of the molecule is CCNC(COC(C)C)c1ncccc1OC. The van der Waals surface area contributed by atoms with Gasteiger partial charge in [-0.3, -0.25) is 4.98 Å². The molecule has 0 aromatic carbocycles. The van der Waals surface area contributed by atoms with Gasteiger partial charge >= 0.3 is 0 Å². The largest absolute Gasteiger partial charge is 0.495 e. The molecule has 96 valence electrons. The van der Waals surface area contributed by atoms with Crippen LogP contribution in [0.15, 0.2) is 18.3 Å². The average Bonchev–Trinajstić information content (AvgIpc) is 2.34. The summed E-state index contributed by atoms with van der Waals surface area (Å²) in [5.41, 5.74) is 0.900. The second-order valence-electron chi connectivity index (χ2n) is 4.08. The molecule has 0 fully saturated rings. The van der Waals surface area contributed by atoms with Crippen LogP contribution in [0.3, 0.4) is 0 Å². The van der Waals surface area contributed by atoms with Crippen molar-refractivity contribution in [1.82, 2.24) is 10.3 Å². The van der Waals surface area contributed by atoms with Crippen LogP contribution >= 0.6 is 0 Å². The number of methoxy groups -OCH3 is 1. The fourth-order valence-electron chi connectivity index (χ4n) is 1.61. The average molecular weight is 238 g/mol. The number of rotatable bonds is 7. The van der Waals surface area contributed by atoms with Crippen LogP contribution in [0.2, 0.25) is 0 Å². The van der Waals surface area contributed by atoms with E-state index in [0.717, 1.165) is 18.0 Å². The minimum Gasteiger partial charge on any atom is -0.495 e. The summed E-state index contributed by atoms with van der Waals surface area (Å²) in [4.78, 5) is 4.38. The Bertz CT molecular complexity index is 329. The van der Waals surface area contributed by atoms with Crippen LogP contribution in [0.25, 0.3) is 0 Å². The third-order valence-corrected chi connectivity index (χ3v) is 2.40. The van der Waals surface area contributed by atoms with Crippen molar-refractivity contribution in [2.24, 2.45) is 0 Å². The maximum atomic E-state index is 5.65. The highest BCUT2D eigenvalue weighted by atomic mass is 16.5. The van der Waals surface area contributed by atoms with E-state index >= 15 is 0 Å². The smallest absolute Gasteiger partial charge is 0.142 e. The lowest BCUT2D eigenvalue weighted by Crippen LogP contribution is -2.27. The van der Waals surface area contributed by atoms with Crippen molar-refractivity contribution in [3.63, 3.8) is 0 Å². The van der Waals surface area contributed by atoms with Gasteiger partial charge in [-0.05, 0) is 32.5 Å². The molecule has 4 heteroatoms. The molecule has 1 rings (SSSR count). The molecule has 1 aromatic rings. The van der Waals surface area contributed by atoms with Crippen LogP contribution in [0.4, 0.5) is 0 Å². The number of aromatic nitrogens is 1. The molecule has 1 heterocycles. The van der Waals surface area contributed by atoms with E-state index in [1.54, 1.807) is 13.3 Å². The van der Waals surface area contributed by atoms with Crippen LogP contribution < -0.4 is 10.1 Å². The first-order valence-electron chi connectivity index (χ1n) is 6.02. The van der Waals surface area contributed by atoms with Crippen molar-refractivity contribution in [3.05, 3.63) is 24.0 Å². The summed E-state index contributed by atoms with van der Waals surface area (Å²) in [5.74, 6) is 0.797. The van der Waals surface area contributed by atoms with Gasteiger partial charge in [-0.15, -0.1) is 0 Å². The molecule has 0 bridgehead atoms. The van der Waals surface area contributed by atoms with Gasteiger partial charge in [-0.1, -0.05) is 6.92 Å². The molecule has 4 nitrogen and oxygen atoms in total. The van der Waals surface area contributed by atoms with E-state index in [9.17, 15) is 0 Å². The molecule has 17 heavy (non-hydrogen) atoms. The summed E-state index contributed by atoms with van der Waals surface area (Å²) in [6, 6.07) is 3.86. The minimum atomic E-state index is 0.0681. The fraction of sp³-hybridized carbons (Fsp3) is 0.615.